The third-order valence-corrected chi connectivity index (χ3v) is 4.19. The molecule has 0 unspecified atom stereocenters. The fraction of sp³-hybridized carbons (Fsp3) is 0.444. The Bertz CT molecular complexity index is 688. The number of carbonyl (C=O) groups is 3. The van der Waals surface area contributed by atoms with Gasteiger partial charge in [0, 0.05) is 37.8 Å². The molecule has 0 aromatic heterocycles. The fourth-order valence-electron chi connectivity index (χ4n) is 2.85. The van der Waals surface area contributed by atoms with Crippen LogP contribution >= 0.6 is 0 Å². The lowest BCUT2D eigenvalue weighted by molar-refractivity contribution is -0.131. The standard InChI is InChI=1S/C18H22N4O3/c1-13(23)21-16-4-2-3-15(11-16)18(25)20-12-14-6-9-22(10-7-14)17(24)5-8-19/h2-4,11,14H,5-7,9-10,12H2,1H3,(H,20,25)(H,21,23). The molecule has 3 amide bonds. The van der Waals surface area contributed by atoms with Gasteiger partial charge in [-0.15, -0.1) is 0 Å². The van der Waals surface area contributed by atoms with E-state index in [1.54, 1.807) is 29.2 Å². The number of benzene rings is 1. The van der Waals surface area contributed by atoms with Crippen LogP contribution in [0.4, 0.5) is 5.69 Å². The number of likely N-dealkylation sites (tertiary alicyclic amines) is 1. The van der Waals surface area contributed by atoms with E-state index in [1.165, 1.54) is 6.92 Å². The summed E-state index contributed by atoms with van der Waals surface area (Å²) < 4.78 is 0. The van der Waals surface area contributed by atoms with Gasteiger partial charge in [0.05, 0.1) is 6.07 Å². The first kappa shape index (κ1) is 18.5. The molecular formula is C18H22N4O3. The van der Waals surface area contributed by atoms with Gasteiger partial charge >= 0.3 is 0 Å². The van der Waals surface area contributed by atoms with Gasteiger partial charge < -0.3 is 15.5 Å². The van der Waals surface area contributed by atoms with Crippen LogP contribution in [0.1, 0.15) is 36.5 Å². The van der Waals surface area contributed by atoms with Gasteiger partial charge in [0.15, 0.2) is 0 Å². The number of amides is 3. The SMILES string of the molecule is CC(=O)Nc1cccc(C(=O)NCC2CCN(C(=O)CC#N)CC2)c1. The van der Waals surface area contributed by atoms with Crippen LogP contribution in [0.5, 0.6) is 0 Å². The quantitative estimate of drug-likeness (QED) is 0.847. The summed E-state index contributed by atoms with van der Waals surface area (Å²) in [7, 11) is 0. The number of rotatable bonds is 5. The zero-order valence-corrected chi connectivity index (χ0v) is 14.2. The fourth-order valence-corrected chi connectivity index (χ4v) is 2.85. The lowest BCUT2D eigenvalue weighted by Crippen LogP contribution is -2.41. The molecule has 7 heteroatoms. The topological polar surface area (TPSA) is 102 Å². The van der Waals surface area contributed by atoms with Crippen LogP contribution in [0.2, 0.25) is 0 Å². The average molecular weight is 342 g/mol. The molecule has 1 heterocycles. The van der Waals surface area contributed by atoms with Crippen LogP contribution in [0, 0.1) is 17.2 Å². The van der Waals surface area contributed by atoms with E-state index in [-0.39, 0.29) is 24.1 Å². The summed E-state index contributed by atoms with van der Waals surface area (Å²) in [5.41, 5.74) is 1.08. The summed E-state index contributed by atoms with van der Waals surface area (Å²) in [5, 5.41) is 14.1. The van der Waals surface area contributed by atoms with Crippen LogP contribution in [0.25, 0.3) is 0 Å². The number of nitrogens with zero attached hydrogens (tertiary/aromatic N) is 2. The highest BCUT2D eigenvalue weighted by Crippen LogP contribution is 2.17. The molecule has 2 N–H and O–H groups in total. The Balaban J connectivity index is 1.80. The molecule has 1 aliphatic heterocycles. The van der Waals surface area contributed by atoms with E-state index in [1.807, 2.05) is 6.07 Å². The van der Waals surface area contributed by atoms with Crippen molar-refractivity contribution in [2.24, 2.45) is 5.92 Å². The number of nitriles is 1. The van der Waals surface area contributed by atoms with Crippen molar-refractivity contribution in [1.29, 1.82) is 5.26 Å². The molecule has 1 aromatic rings. The van der Waals surface area contributed by atoms with Gasteiger partial charge in [-0.1, -0.05) is 6.07 Å². The van der Waals surface area contributed by atoms with Crippen molar-refractivity contribution in [1.82, 2.24) is 10.2 Å². The van der Waals surface area contributed by atoms with Crippen LogP contribution < -0.4 is 10.6 Å². The van der Waals surface area contributed by atoms with Crippen molar-refractivity contribution in [3.63, 3.8) is 0 Å². The van der Waals surface area contributed by atoms with E-state index >= 15 is 0 Å². The molecule has 25 heavy (non-hydrogen) atoms. The Morgan fingerprint density at radius 2 is 2.00 bits per heavy atom. The van der Waals surface area contributed by atoms with Crippen molar-refractivity contribution < 1.29 is 14.4 Å². The summed E-state index contributed by atoms with van der Waals surface area (Å²) in [5.74, 6) is -0.182. The van der Waals surface area contributed by atoms with E-state index < -0.39 is 0 Å². The Morgan fingerprint density at radius 1 is 1.28 bits per heavy atom. The summed E-state index contributed by atoms with van der Waals surface area (Å²) >= 11 is 0. The van der Waals surface area contributed by atoms with Crippen molar-refractivity contribution >= 4 is 23.4 Å². The van der Waals surface area contributed by atoms with Crippen molar-refractivity contribution in [3.05, 3.63) is 29.8 Å². The van der Waals surface area contributed by atoms with Gasteiger partial charge in [0.25, 0.3) is 5.91 Å². The van der Waals surface area contributed by atoms with Crippen molar-refractivity contribution in [3.8, 4) is 6.07 Å². The third-order valence-electron chi connectivity index (χ3n) is 4.19. The molecule has 1 aliphatic rings. The Kier molecular flexibility index (Phi) is 6.52. The molecule has 2 rings (SSSR count). The molecule has 1 fully saturated rings. The highest BCUT2D eigenvalue weighted by atomic mass is 16.2. The van der Waals surface area contributed by atoms with Gasteiger partial charge in [-0.05, 0) is 37.0 Å². The van der Waals surface area contributed by atoms with Gasteiger partial charge in [-0.2, -0.15) is 5.26 Å². The maximum Gasteiger partial charge on any atom is 0.251 e. The second-order valence-corrected chi connectivity index (χ2v) is 6.13. The molecule has 0 aliphatic carbocycles. The molecule has 0 spiro atoms. The molecule has 1 aromatic carbocycles. The second-order valence-electron chi connectivity index (χ2n) is 6.13. The normalized spacial score (nSPS) is 14.5. The maximum absolute atomic E-state index is 12.3. The predicted octanol–water partition coefficient (Wildman–Crippen LogP) is 1.53. The number of hydrogen-bond donors (Lipinski definition) is 2. The minimum Gasteiger partial charge on any atom is -0.352 e. The summed E-state index contributed by atoms with van der Waals surface area (Å²) in [4.78, 5) is 36.7. The van der Waals surface area contributed by atoms with Crippen molar-refractivity contribution in [2.45, 2.75) is 26.2 Å². The van der Waals surface area contributed by atoms with E-state index in [0.29, 0.717) is 36.8 Å². The maximum atomic E-state index is 12.3. The number of hydrogen-bond acceptors (Lipinski definition) is 4. The van der Waals surface area contributed by atoms with Gasteiger partial charge in [-0.25, -0.2) is 0 Å². The Labute approximate surface area is 147 Å². The zero-order valence-electron chi connectivity index (χ0n) is 14.2. The monoisotopic (exact) mass is 342 g/mol. The average Bonchev–Trinajstić information content (AvgIpc) is 2.60. The molecule has 0 radical (unpaired) electrons. The molecule has 7 nitrogen and oxygen atoms in total. The second kappa shape index (κ2) is 8.83. The Morgan fingerprint density at radius 3 is 2.64 bits per heavy atom. The molecular weight excluding hydrogens is 320 g/mol. The highest BCUT2D eigenvalue weighted by Gasteiger charge is 2.22. The summed E-state index contributed by atoms with van der Waals surface area (Å²) in [6.45, 7) is 3.21. The van der Waals surface area contributed by atoms with E-state index in [2.05, 4.69) is 10.6 Å². The molecule has 0 bridgehead atoms. The molecule has 1 saturated heterocycles. The number of anilines is 1. The number of nitrogens with one attached hydrogen (secondary N) is 2. The first-order chi connectivity index (χ1) is 12.0. The van der Waals surface area contributed by atoms with E-state index in [4.69, 9.17) is 5.26 Å². The summed E-state index contributed by atoms with van der Waals surface area (Å²) in [6.07, 6.45) is 1.54. The zero-order chi connectivity index (χ0) is 18.2. The predicted molar refractivity (Wildman–Crippen MR) is 92.6 cm³/mol. The molecule has 0 saturated carbocycles. The lowest BCUT2D eigenvalue weighted by Gasteiger charge is -2.31. The van der Waals surface area contributed by atoms with Crippen LogP contribution in [0.15, 0.2) is 24.3 Å². The van der Waals surface area contributed by atoms with Gasteiger partial charge in [-0.3, -0.25) is 14.4 Å². The van der Waals surface area contributed by atoms with Gasteiger partial charge in [0.1, 0.15) is 6.42 Å². The van der Waals surface area contributed by atoms with Crippen molar-refractivity contribution in [2.75, 3.05) is 25.0 Å². The largest absolute Gasteiger partial charge is 0.352 e. The number of piperidine rings is 1. The Hall–Kier alpha value is -2.88. The van der Waals surface area contributed by atoms with E-state index in [9.17, 15) is 14.4 Å². The third kappa shape index (κ3) is 5.60. The number of carbonyl (C=O) groups excluding carboxylic acids is 3. The van der Waals surface area contributed by atoms with Crippen LogP contribution in [0.3, 0.4) is 0 Å². The van der Waals surface area contributed by atoms with Gasteiger partial charge in [0.2, 0.25) is 11.8 Å². The van der Waals surface area contributed by atoms with E-state index in [0.717, 1.165) is 12.8 Å². The smallest absolute Gasteiger partial charge is 0.251 e. The minimum atomic E-state index is -0.185. The van der Waals surface area contributed by atoms with Crippen LogP contribution in [-0.4, -0.2) is 42.3 Å². The first-order valence-electron chi connectivity index (χ1n) is 8.30. The highest BCUT2D eigenvalue weighted by molar-refractivity contribution is 5.96. The van der Waals surface area contributed by atoms with Crippen LogP contribution in [-0.2, 0) is 9.59 Å². The lowest BCUT2D eigenvalue weighted by atomic mass is 9.96. The summed E-state index contributed by atoms with van der Waals surface area (Å²) in [6, 6.07) is 8.66. The first-order valence-corrected chi connectivity index (χ1v) is 8.30. The molecule has 132 valence electrons. The minimum absolute atomic E-state index is 0.0773. The molecule has 0 atom stereocenters.